The van der Waals surface area contributed by atoms with Crippen molar-refractivity contribution < 1.29 is 14.6 Å². The molecule has 108 valence electrons. The fourth-order valence-corrected chi connectivity index (χ4v) is 1.69. The largest absolute Gasteiger partial charge is 0.476 e. The lowest BCUT2D eigenvalue weighted by atomic mass is 10.2. The van der Waals surface area contributed by atoms with Gasteiger partial charge in [0.15, 0.2) is 0 Å². The van der Waals surface area contributed by atoms with Crippen molar-refractivity contribution in [3.05, 3.63) is 59.5 Å². The molecule has 22 heavy (non-hydrogen) atoms. The molecule has 2 heterocycles. The lowest BCUT2D eigenvalue weighted by Crippen LogP contribution is -1.99. The van der Waals surface area contributed by atoms with E-state index in [2.05, 4.69) is 32.2 Å². The SMILES string of the molecule is O=C(O)c1[nH]nnc1Oc1ccc(C#Cc2cc[nH]c2)cc1. The average Bonchev–Trinajstić information content (AvgIpc) is 3.17. The predicted octanol–water partition coefficient (Wildman–Crippen LogP) is 2.02. The van der Waals surface area contributed by atoms with Crippen LogP contribution < -0.4 is 4.74 Å². The fraction of sp³-hybridized carbons (Fsp3) is 0. The molecule has 0 aliphatic heterocycles. The molecule has 3 N–H and O–H groups in total. The van der Waals surface area contributed by atoms with Crippen molar-refractivity contribution in [2.24, 2.45) is 0 Å². The number of rotatable bonds is 3. The van der Waals surface area contributed by atoms with Crippen LogP contribution in [0.4, 0.5) is 0 Å². The van der Waals surface area contributed by atoms with Crippen molar-refractivity contribution in [1.82, 2.24) is 20.4 Å². The van der Waals surface area contributed by atoms with E-state index in [0.29, 0.717) is 5.75 Å². The number of aromatic carboxylic acids is 1. The number of nitrogens with zero attached hydrogens (tertiary/aromatic N) is 2. The van der Waals surface area contributed by atoms with Gasteiger partial charge in [0.05, 0.1) is 0 Å². The summed E-state index contributed by atoms with van der Waals surface area (Å²) in [6, 6.07) is 8.79. The normalized spacial score (nSPS) is 9.82. The van der Waals surface area contributed by atoms with Crippen LogP contribution in [0.2, 0.25) is 0 Å². The van der Waals surface area contributed by atoms with Crippen LogP contribution >= 0.6 is 0 Å². The van der Waals surface area contributed by atoms with Gasteiger partial charge in [-0.2, -0.15) is 0 Å². The number of benzene rings is 1. The standard InChI is InChI=1S/C15H10N4O3/c20-15(21)13-14(18-19-17-13)22-12-5-3-10(4-6-12)1-2-11-7-8-16-9-11/h3-9,16H,(H,20,21)(H,17,18,19). The molecule has 0 aliphatic carbocycles. The highest BCUT2D eigenvalue weighted by molar-refractivity contribution is 5.87. The van der Waals surface area contributed by atoms with Crippen LogP contribution in [0.3, 0.4) is 0 Å². The molecule has 0 fully saturated rings. The second-order valence-electron chi connectivity index (χ2n) is 4.27. The topological polar surface area (TPSA) is 104 Å². The number of aromatic amines is 2. The van der Waals surface area contributed by atoms with E-state index >= 15 is 0 Å². The van der Waals surface area contributed by atoms with Crippen molar-refractivity contribution in [3.8, 4) is 23.5 Å². The van der Waals surface area contributed by atoms with Gasteiger partial charge in [0, 0.05) is 23.5 Å². The number of carbonyl (C=O) groups is 1. The van der Waals surface area contributed by atoms with Crippen molar-refractivity contribution >= 4 is 5.97 Å². The second kappa shape index (κ2) is 5.85. The third-order valence-corrected chi connectivity index (χ3v) is 2.75. The first-order chi connectivity index (χ1) is 10.7. The molecule has 7 nitrogen and oxygen atoms in total. The van der Waals surface area contributed by atoms with E-state index in [9.17, 15) is 4.79 Å². The maximum atomic E-state index is 10.9. The number of hydrogen-bond donors (Lipinski definition) is 3. The first-order valence-electron chi connectivity index (χ1n) is 6.29. The number of nitrogens with one attached hydrogen (secondary N) is 2. The summed E-state index contributed by atoms with van der Waals surface area (Å²) in [5, 5.41) is 18.2. The third kappa shape index (κ3) is 2.96. The summed E-state index contributed by atoms with van der Waals surface area (Å²) in [6.07, 6.45) is 3.61. The van der Waals surface area contributed by atoms with E-state index in [1.807, 2.05) is 12.3 Å². The second-order valence-corrected chi connectivity index (χ2v) is 4.27. The number of aromatic nitrogens is 4. The highest BCUT2D eigenvalue weighted by Gasteiger charge is 2.16. The minimum atomic E-state index is -1.19. The zero-order valence-electron chi connectivity index (χ0n) is 11.2. The summed E-state index contributed by atoms with van der Waals surface area (Å²) in [5.41, 5.74) is 1.51. The van der Waals surface area contributed by atoms with Crippen LogP contribution in [0.25, 0.3) is 0 Å². The van der Waals surface area contributed by atoms with Crippen LogP contribution in [-0.2, 0) is 0 Å². The quantitative estimate of drug-likeness (QED) is 0.641. The van der Waals surface area contributed by atoms with Gasteiger partial charge in [-0.25, -0.2) is 9.89 Å². The Labute approximate surface area is 125 Å². The molecular weight excluding hydrogens is 284 g/mol. The van der Waals surface area contributed by atoms with Crippen molar-refractivity contribution in [3.63, 3.8) is 0 Å². The summed E-state index contributed by atoms with van der Waals surface area (Å²) >= 11 is 0. The van der Waals surface area contributed by atoms with Gasteiger partial charge in [-0.15, -0.1) is 0 Å². The molecule has 3 rings (SSSR count). The van der Waals surface area contributed by atoms with E-state index in [1.54, 1.807) is 30.5 Å². The summed E-state index contributed by atoms with van der Waals surface area (Å²) in [5.74, 6) is 5.19. The van der Waals surface area contributed by atoms with Gasteiger partial charge in [-0.05, 0) is 30.3 Å². The lowest BCUT2D eigenvalue weighted by Gasteiger charge is -2.02. The van der Waals surface area contributed by atoms with Gasteiger partial charge in [0.1, 0.15) is 5.75 Å². The summed E-state index contributed by atoms with van der Waals surface area (Å²) < 4.78 is 5.38. The van der Waals surface area contributed by atoms with Crippen molar-refractivity contribution in [2.45, 2.75) is 0 Å². The van der Waals surface area contributed by atoms with Crippen LogP contribution in [0, 0.1) is 11.8 Å². The van der Waals surface area contributed by atoms with Gasteiger partial charge in [0.2, 0.25) is 5.69 Å². The van der Waals surface area contributed by atoms with Gasteiger partial charge >= 0.3 is 5.97 Å². The molecular formula is C15H10N4O3. The van der Waals surface area contributed by atoms with Crippen molar-refractivity contribution in [2.75, 3.05) is 0 Å². The zero-order chi connectivity index (χ0) is 15.4. The molecule has 0 unspecified atom stereocenters. The molecule has 7 heteroatoms. The highest BCUT2D eigenvalue weighted by Crippen LogP contribution is 2.21. The Bertz CT molecular complexity index is 839. The number of H-pyrrole nitrogens is 2. The Morgan fingerprint density at radius 2 is 1.91 bits per heavy atom. The molecule has 0 spiro atoms. The Hall–Kier alpha value is -3.53. The van der Waals surface area contributed by atoms with Crippen LogP contribution in [0.5, 0.6) is 11.6 Å². The molecule has 0 saturated heterocycles. The number of hydrogen-bond acceptors (Lipinski definition) is 4. The van der Waals surface area contributed by atoms with Crippen molar-refractivity contribution in [1.29, 1.82) is 0 Å². The Morgan fingerprint density at radius 1 is 1.14 bits per heavy atom. The number of ether oxygens (including phenoxy) is 1. The first-order valence-corrected chi connectivity index (χ1v) is 6.29. The molecule has 3 aromatic rings. The molecule has 0 saturated carbocycles. The molecule has 1 aromatic carbocycles. The predicted molar refractivity (Wildman–Crippen MR) is 76.6 cm³/mol. The number of carboxylic acids is 1. The molecule has 0 atom stereocenters. The average molecular weight is 294 g/mol. The van der Waals surface area contributed by atoms with Gasteiger partial charge < -0.3 is 14.8 Å². The fourth-order valence-electron chi connectivity index (χ4n) is 1.69. The molecule has 0 aliphatic rings. The molecule has 0 radical (unpaired) electrons. The van der Waals surface area contributed by atoms with Crippen LogP contribution in [0.1, 0.15) is 21.6 Å². The number of carboxylic acid groups (broad SMARTS) is 1. The van der Waals surface area contributed by atoms with E-state index < -0.39 is 5.97 Å². The van der Waals surface area contributed by atoms with Crippen LogP contribution in [-0.4, -0.2) is 31.5 Å². The summed E-state index contributed by atoms with van der Waals surface area (Å²) in [6.45, 7) is 0. The third-order valence-electron chi connectivity index (χ3n) is 2.75. The molecule has 0 amide bonds. The molecule has 0 bridgehead atoms. The Morgan fingerprint density at radius 3 is 2.59 bits per heavy atom. The minimum absolute atomic E-state index is 0.0846. The smallest absolute Gasteiger partial charge is 0.359 e. The first kappa shape index (κ1) is 13.5. The van der Waals surface area contributed by atoms with Gasteiger partial charge in [-0.1, -0.05) is 22.2 Å². The summed E-state index contributed by atoms with van der Waals surface area (Å²) in [7, 11) is 0. The lowest BCUT2D eigenvalue weighted by molar-refractivity contribution is 0.0687. The summed E-state index contributed by atoms with van der Waals surface area (Å²) in [4.78, 5) is 13.8. The highest BCUT2D eigenvalue weighted by atomic mass is 16.5. The Balaban J connectivity index is 1.74. The van der Waals surface area contributed by atoms with E-state index in [1.165, 1.54) is 0 Å². The minimum Gasteiger partial charge on any atom is -0.476 e. The maximum absolute atomic E-state index is 10.9. The molecule has 2 aromatic heterocycles. The Kier molecular flexibility index (Phi) is 3.58. The van der Waals surface area contributed by atoms with E-state index in [-0.39, 0.29) is 11.6 Å². The zero-order valence-corrected chi connectivity index (χ0v) is 11.2. The van der Waals surface area contributed by atoms with Gasteiger partial charge in [0.25, 0.3) is 5.88 Å². The van der Waals surface area contributed by atoms with Gasteiger partial charge in [-0.3, -0.25) is 0 Å². The maximum Gasteiger partial charge on any atom is 0.359 e. The van der Waals surface area contributed by atoms with Crippen LogP contribution in [0.15, 0.2) is 42.7 Å². The van der Waals surface area contributed by atoms with E-state index in [4.69, 9.17) is 9.84 Å². The monoisotopic (exact) mass is 294 g/mol. The van der Waals surface area contributed by atoms with E-state index in [0.717, 1.165) is 11.1 Å².